The lowest BCUT2D eigenvalue weighted by Crippen LogP contribution is -2.35. The second kappa shape index (κ2) is 10.2. The van der Waals surface area contributed by atoms with Crippen LogP contribution in [0.5, 0.6) is 5.75 Å². The number of nitriles is 1. The molecule has 0 saturated carbocycles. The van der Waals surface area contributed by atoms with E-state index in [4.69, 9.17) is 4.74 Å². The number of pyridine rings is 2. The van der Waals surface area contributed by atoms with Crippen LogP contribution < -0.4 is 10.1 Å². The summed E-state index contributed by atoms with van der Waals surface area (Å²) in [7, 11) is 1.54. The Labute approximate surface area is 217 Å². The van der Waals surface area contributed by atoms with Crippen molar-refractivity contribution in [3.05, 3.63) is 87.9 Å². The molecule has 0 spiro atoms. The molecule has 10 heteroatoms. The minimum absolute atomic E-state index is 0.130. The molecule has 0 radical (unpaired) electrons. The molecular weight excluding hydrogens is 488 g/mol. The van der Waals surface area contributed by atoms with Gasteiger partial charge in [-0.2, -0.15) is 5.26 Å². The second-order valence-corrected chi connectivity index (χ2v) is 9.52. The van der Waals surface area contributed by atoms with Gasteiger partial charge < -0.3 is 9.64 Å². The van der Waals surface area contributed by atoms with Gasteiger partial charge >= 0.3 is 0 Å². The first-order valence-corrected chi connectivity index (χ1v) is 12.3. The molecular formula is C27H22N6O3S. The SMILES string of the molecule is COc1ccc(C#N)cc1-c1cc(C)ncc1C(=O)Nc1nc2c(s1)CN(C(=O)c1ccccn1)CC2. The predicted octanol–water partition coefficient (Wildman–Crippen LogP) is 4.24. The molecule has 0 unspecified atom stereocenters. The van der Waals surface area contributed by atoms with E-state index in [1.165, 1.54) is 17.5 Å². The number of nitrogens with zero attached hydrogens (tertiary/aromatic N) is 5. The van der Waals surface area contributed by atoms with Crippen molar-refractivity contribution in [2.75, 3.05) is 19.0 Å². The van der Waals surface area contributed by atoms with Gasteiger partial charge in [0.15, 0.2) is 5.13 Å². The van der Waals surface area contributed by atoms with Gasteiger partial charge in [0.2, 0.25) is 0 Å². The Morgan fingerprint density at radius 2 is 2.03 bits per heavy atom. The lowest BCUT2D eigenvalue weighted by molar-refractivity contribution is 0.0730. The first-order valence-electron chi connectivity index (χ1n) is 11.5. The van der Waals surface area contributed by atoms with Gasteiger partial charge in [0.05, 0.1) is 36.5 Å². The number of carbonyl (C=O) groups is 2. The minimum Gasteiger partial charge on any atom is -0.496 e. The van der Waals surface area contributed by atoms with Crippen LogP contribution in [-0.4, -0.2) is 45.3 Å². The third-order valence-electron chi connectivity index (χ3n) is 6.03. The highest BCUT2D eigenvalue weighted by Gasteiger charge is 2.26. The van der Waals surface area contributed by atoms with Crippen LogP contribution in [0.15, 0.2) is 54.9 Å². The third-order valence-corrected chi connectivity index (χ3v) is 7.02. The number of thiazole rings is 1. The Morgan fingerprint density at radius 1 is 1.16 bits per heavy atom. The van der Waals surface area contributed by atoms with Crippen LogP contribution in [0.4, 0.5) is 5.13 Å². The Balaban J connectivity index is 1.40. The molecule has 9 nitrogen and oxygen atoms in total. The van der Waals surface area contributed by atoms with Crippen molar-refractivity contribution in [3.8, 4) is 22.9 Å². The highest BCUT2D eigenvalue weighted by atomic mass is 32.1. The maximum absolute atomic E-state index is 13.4. The maximum atomic E-state index is 13.4. The summed E-state index contributed by atoms with van der Waals surface area (Å²) in [6.45, 7) is 2.77. The van der Waals surface area contributed by atoms with E-state index in [2.05, 4.69) is 26.3 Å². The molecule has 1 aliphatic heterocycles. The van der Waals surface area contributed by atoms with E-state index < -0.39 is 0 Å². The van der Waals surface area contributed by atoms with Crippen molar-refractivity contribution in [2.24, 2.45) is 0 Å². The van der Waals surface area contributed by atoms with Gasteiger partial charge in [0, 0.05) is 47.1 Å². The van der Waals surface area contributed by atoms with Gasteiger partial charge in [-0.3, -0.25) is 24.9 Å². The lowest BCUT2D eigenvalue weighted by atomic mass is 9.97. The summed E-state index contributed by atoms with van der Waals surface area (Å²) in [5.74, 6) is 0.0367. The zero-order valence-electron chi connectivity index (χ0n) is 20.2. The minimum atomic E-state index is -0.376. The van der Waals surface area contributed by atoms with E-state index in [9.17, 15) is 14.9 Å². The fourth-order valence-electron chi connectivity index (χ4n) is 4.19. The number of rotatable bonds is 5. The number of benzene rings is 1. The Bertz CT molecular complexity index is 1540. The largest absolute Gasteiger partial charge is 0.496 e. The van der Waals surface area contributed by atoms with Crippen LogP contribution in [-0.2, 0) is 13.0 Å². The molecule has 2 amide bonds. The van der Waals surface area contributed by atoms with E-state index in [1.54, 1.807) is 60.7 Å². The van der Waals surface area contributed by atoms with Crippen molar-refractivity contribution in [1.29, 1.82) is 5.26 Å². The fourth-order valence-corrected chi connectivity index (χ4v) is 5.21. The number of aryl methyl sites for hydroxylation is 1. The highest BCUT2D eigenvalue weighted by Crippen LogP contribution is 2.35. The summed E-state index contributed by atoms with van der Waals surface area (Å²) in [4.78, 5) is 41.9. The summed E-state index contributed by atoms with van der Waals surface area (Å²) in [6.07, 6.45) is 3.71. The maximum Gasteiger partial charge on any atom is 0.272 e. The van der Waals surface area contributed by atoms with Gasteiger partial charge in [-0.1, -0.05) is 17.4 Å². The molecule has 3 aromatic heterocycles. The number of fused-ring (bicyclic) bond motifs is 1. The molecule has 0 aliphatic carbocycles. The van der Waals surface area contributed by atoms with E-state index in [1.807, 2.05) is 6.92 Å². The molecule has 0 saturated heterocycles. The van der Waals surface area contributed by atoms with Crippen LogP contribution >= 0.6 is 11.3 Å². The zero-order chi connectivity index (χ0) is 25.9. The number of anilines is 1. The van der Waals surface area contributed by atoms with E-state index in [0.717, 1.165) is 16.3 Å². The van der Waals surface area contributed by atoms with Gasteiger partial charge in [-0.25, -0.2) is 4.98 Å². The summed E-state index contributed by atoms with van der Waals surface area (Å²) in [6, 6.07) is 14.2. The molecule has 184 valence electrons. The Morgan fingerprint density at radius 3 is 2.78 bits per heavy atom. The van der Waals surface area contributed by atoms with E-state index in [0.29, 0.717) is 58.3 Å². The molecule has 1 aliphatic rings. The first kappa shape index (κ1) is 24.1. The quantitative estimate of drug-likeness (QED) is 0.426. The average Bonchev–Trinajstić information content (AvgIpc) is 3.34. The zero-order valence-corrected chi connectivity index (χ0v) is 21.0. The van der Waals surface area contributed by atoms with Gasteiger partial charge in [0.25, 0.3) is 11.8 Å². The van der Waals surface area contributed by atoms with E-state index in [-0.39, 0.29) is 11.8 Å². The van der Waals surface area contributed by atoms with Crippen LogP contribution in [0.2, 0.25) is 0 Å². The molecule has 0 bridgehead atoms. The van der Waals surface area contributed by atoms with Gasteiger partial charge in [-0.05, 0) is 43.3 Å². The predicted molar refractivity (Wildman–Crippen MR) is 138 cm³/mol. The van der Waals surface area contributed by atoms with E-state index >= 15 is 0 Å². The summed E-state index contributed by atoms with van der Waals surface area (Å²) < 4.78 is 5.50. The van der Waals surface area contributed by atoms with Crippen LogP contribution in [0.1, 0.15) is 42.7 Å². The lowest BCUT2D eigenvalue weighted by Gasteiger charge is -2.25. The van der Waals surface area contributed by atoms with Crippen molar-refractivity contribution in [1.82, 2.24) is 19.9 Å². The van der Waals surface area contributed by atoms with Crippen LogP contribution in [0.25, 0.3) is 11.1 Å². The number of nitrogens with one attached hydrogen (secondary N) is 1. The van der Waals surface area contributed by atoms with Crippen LogP contribution in [0, 0.1) is 18.3 Å². The number of carbonyl (C=O) groups excluding carboxylic acids is 2. The number of amides is 2. The average molecular weight is 511 g/mol. The molecule has 4 aromatic rings. The molecule has 1 aromatic carbocycles. The number of hydrogen-bond donors (Lipinski definition) is 1. The van der Waals surface area contributed by atoms with Crippen molar-refractivity contribution < 1.29 is 14.3 Å². The topological polar surface area (TPSA) is 121 Å². The summed E-state index contributed by atoms with van der Waals surface area (Å²) >= 11 is 1.35. The molecule has 0 atom stereocenters. The standard InChI is InChI=1S/C27H22N6O3S/c1-16-11-18(19-12-17(13-28)6-7-23(19)36-2)20(14-30-16)25(34)32-27-31-21-8-10-33(15-24(21)37-27)26(35)22-5-3-4-9-29-22/h3-7,9,11-12,14H,8,10,15H2,1-2H3,(H,31,32,34). The number of hydrogen-bond acceptors (Lipinski definition) is 8. The molecule has 37 heavy (non-hydrogen) atoms. The molecule has 4 heterocycles. The molecule has 0 fully saturated rings. The number of methoxy groups -OCH3 is 1. The second-order valence-electron chi connectivity index (χ2n) is 8.43. The smallest absolute Gasteiger partial charge is 0.272 e. The Hall–Kier alpha value is -4.62. The molecule has 5 rings (SSSR count). The first-order chi connectivity index (χ1) is 18.0. The summed E-state index contributed by atoms with van der Waals surface area (Å²) in [5.41, 5.74) is 4.01. The van der Waals surface area contributed by atoms with Crippen molar-refractivity contribution in [3.63, 3.8) is 0 Å². The molecule has 1 N–H and O–H groups in total. The Kier molecular flexibility index (Phi) is 6.62. The van der Waals surface area contributed by atoms with Crippen LogP contribution in [0.3, 0.4) is 0 Å². The van der Waals surface area contributed by atoms with Crippen molar-refractivity contribution in [2.45, 2.75) is 19.9 Å². The fraction of sp³-hybridized carbons (Fsp3) is 0.185. The highest BCUT2D eigenvalue weighted by molar-refractivity contribution is 7.15. The number of aromatic nitrogens is 3. The third kappa shape index (κ3) is 4.90. The van der Waals surface area contributed by atoms with Gasteiger partial charge in [0.1, 0.15) is 11.4 Å². The number of ether oxygens (including phenoxy) is 1. The summed E-state index contributed by atoms with van der Waals surface area (Å²) in [5, 5.41) is 12.7. The van der Waals surface area contributed by atoms with Gasteiger partial charge in [-0.15, -0.1) is 0 Å². The monoisotopic (exact) mass is 510 g/mol. The van der Waals surface area contributed by atoms with Crippen molar-refractivity contribution >= 4 is 28.3 Å². The normalized spacial score (nSPS) is 12.4.